The first-order valence-electron chi connectivity index (χ1n) is 18.8. The molecule has 0 spiro atoms. The maximum atomic E-state index is 14.4. The van der Waals surface area contributed by atoms with Crippen molar-refractivity contribution in [2.45, 2.75) is 155 Å². The number of hydrogen-bond acceptors (Lipinski definition) is 10. The summed E-state index contributed by atoms with van der Waals surface area (Å²) in [4.78, 5) is 35.4. The van der Waals surface area contributed by atoms with Crippen molar-refractivity contribution in [3.8, 4) is 0 Å². The number of rotatable bonds is 7. The van der Waals surface area contributed by atoms with Crippen molar-refractivity contribution in [1.82, 2.24) is 14.7 Å². The first-order chi connectivity index (χ1) is 22.4. The zero-order valence-electron chi connectivity index (χ0n) is 32.2. The van der Waals surface area contributed by atoms with Crippen LogP contribution in [0.5, 0.6) is 0 Å². The van der Waals surface area contributed by atoms with Gasteiger partial charge in [-0.15, -0.1) is 0 Å². The molecule has 0 aliphatic carbocycles. The molecule has 4 heterocycles. The molecule has 278 valence electrons. The minimum absolute atomic E-state index is 0.0564. The van der Waals surface area contributed by atoms with Gasteiger partial charge in [0.15, 0.2) is 12.1 Å². The third-order valence-electron chi connectivity index (χ3n) is 12.2. The molecule has 48 heavy (non-hydrogen) atoms. The maximum absolute atomic E-state index is 14.4. The average Bonchev–Trinajstić information content (AvgIpc) is 2.99. The van der Waals surface area contributed by atoms with Crippen LogP contribution in [0.25, 0.3) is 0 Å². The summed E-state index contributed by atoms with van der Waals surface area (Å²) in [5.41, 5.74) is -2.31. The molecule has 4 rings (SSSR count). The quantitative estimate of drug-likeness (QED) is 0.304. The number of carbonyl (C=O) groups is 2. The Morgan fingerprint density at radius 2 is 1.67 bits per heavy atom. The first-order valence-corrected chi connectivity index (χ1v) is 18.8. The second kappa shape index (κ2) is 16.0. The van der Waals surface area contributed by atoms with Gasteiger partial charge in [-0.2, -0.15) is 0 Å². The van der Waals surface area contributed by atoms with E-state index in [-0.39, 0.29) is 36.5 Å². The van der Waals surface area contributed by atoms with Crippen molar-refractivity contribution in [3.63, 3.8) is 0 Å². The van der Waals surface area contributed by atoms with E-state index in [1.807, 2.05) is 39.8 Å². The number of ketones is 1. The highest BCUT2D eigenvalue weighted by Crippen LogP contribution is 2.42. The zero-order valence-corrected chi connectivity index (χ0v) is 32.2. The summed E-state index contributed by atoms with van der Waals surface area (Å²) in [6.45, 7) is 18.1. The molecular weight excluding hydrogens is 610 g/mol. The first kappa shape index (κ1) is 39.6. The van der Waals surface area contributed by atoms with Gasteiger partial charge < -0.3 is 29.0 Å². The predicted octanol–water partition coefficient (Wildman–Crippen LogP) is 4.61. The number of cyclic esters (lactones) is 1. The molecule has 0 aromatic heterocycles. The molecule has 10 nitrogen and oxygen atoms in total. The molecule has 4 fully saturated rings. The second-order valence-electron chi connectivity index (χ2n) is 17.4. The summed E-state index contributed by atoms with van der Waals surface area (Å²) >= 11 is 0. The Hall–Kier alpha value is -1.14. The van der Waals surface area contributed by atoms with Crippen molar-refractivity contribution in [2.24, 2.45) is 29.1 Å². The van der Waals surface area contributed by atoms with Gasteiger partial charge in [-0.3, -0.25) is 19.4 Å². The van der Waals surface area contributed by atoms with Gasteiger partial charge in [0.25, 0.3) is 0 Å². The number of carbonyl (C=O) groups excluding carboxylic acids is 2. The van der Waals surface area contributed by atoms with Crippen LogP contribution in [0, 0.1) is 29.1 Å². The van der Waals surface area contributed by atoms with Gasteiger partial charge in [0.1, 0.15) is 18.1 Å². The van der Waals surface area contributed by atoms with Crippen LogP contribution in [-0.4, -0.2) is 134 Å². The van der Waals surface area contributed by atoms with Crippen LogP contribution >= 0.6 is 0 Å². The molecule has 0 aromatic carbocycles. The number of piperidine rings is 2. The summed E-state index contributed by atoms with van der Waals surface area (Å²) in [6.07, 6.45) is 4.42. The number of fused-ring (bicyclic) bond motifs is 2. The fourth-order valence-corrected chi connectivity index (χ4v) is 9.62. The van der Waals surface area contributed by atoms with Crippen molar-refractivity contribution < 1.29 is 33.6 Å². The molecular formula is C38H69N3O7. The van der Waals surface area contributed by atoms with E-state index in [0.717, 1.165) is 25.9 Å². The van der Waals surface area contributed by atoms with Crippen LogP contribution in [0.4, 0.5) is 0 Å². The number of methoxy groups -OCH3 is 1. The summed E-state index contributed by atoms with van der Waals surface area (Å²) in [5, 5.41) is 11.4. The van der Waals surface area contributed by atoms with E-state index >= 15 is 0 Å². The molecule has 4 aliphatic rings. The second-order valence-corrected chi connectivity index (χ2v) is 17.4. The van der Waals surface area contributed by atoms with Crippen LogP contribution in [0.2, 0.25) is 0 Å². The van der Waals surface area contributed by atoms with Crippen molar-refractivity contribution >= 4 is 11.8 Å². The van der Waals surface area contributed by atoms with Gasteiger partial charge in [-0.1, -0.05) is 34.1 Å². The van der Waals surface area contributed by atoms with Crippen molar-refractivity contribution in [2.75, 3.05) is 47.9 Å². The molecule has 1 N–H and O–H groups in total. The minimum atomic E-state index is -1.40. The van der Waals surface area contributed by atoms with E-state index < -0.39 is 41.4 Å². The molecule has 0 saturated carbocycles. The number of esters is 1. The highest BCUT2D eigenvalue weighted by molar-refractivity contribution is 6.04. The summed E-state index contributed by atoms with van der Waals surface area (Å²) in [6, 6.07) is 1.02. The number of nitrogens with zero attached hydrogens (tertiary/aromatic N) is 3. The van der Waals surface area contributed by atoms with Crippen LogP contribution in [0.15, 0.2) is 0 Å². The lowest BCUT2D eigenvalue weighted by atomic mass is 9.74. The third kappa shape index (κ3) is 8.65. The Labute approximate surface area is 291 Å². The number of ether oxygens (including phenoxy) is 4. The SMILES string of the molecule is CO[C@]1(C)C[C@@H](C)CN(C)C(C2C[C@H]3CCC[C@@H](C2)N3CC(C)C)COC(=O)C(C)(C)C(=O)[C@H](C)[C@H]1O[C@@H]1O[C@H](C)C[C@H](N(C)C)[C@H]1O. The molecule has 2 bridgehead atoms. The molecule has 4 saturated heterocycles. The van der Waals surface area contributed by atoms with Crippen LogP contribution < -0.4 is 0 Å². The number of aliphatic hydroxyl groups excluding tert-OH is 1. The Balaban J connectivity index is 1.64. The Morgan fingerprint density at radius 3 is 2.23 bits per heavy atom. The summed E-state index contributed by atoms with van der Waals surface area (Å²) in [7, 11) is 7.71. The number of hydrogen-bond donors (Lipinski definition) is 1. The molecule has 0 aromatic rings. The topological polar surface area (TPSA) is 101 Å². The molecule has 2 unspecified atom stereocenters. The molecule has 4 aliphatic heterocycles. The van der Waals surface area contributed by atoms with Crippen LogP contribution in [0.3, 0.4) is 0 Å². The zero-order chi connectivity index (χ0) is 35.7. The van der Waals surface area contributed by atoms with E-state index in [4.69, 9.17) is 18.9 Å². The van der Waals surface area contributed by atoms with Gasteiger partial charge >= 0.3 is 5.97 Å². The highest BCUT2D eigenvalue weighted by atomic mass is 16.7. The van der Waals surface area contributed by atoms with E-state index in [2.05, 4.69) is 37.6 Å². The Morgan fingerprint density at radius 1 is 1.04 bits per heavy atom. The smallest absolute Gasteiger partial charge is 0.319 e. The largest absolute Gasteiger partial charge is 0.463 e. The fourth-order valence-electron chi connectivity index (χ4n) is 9.62. The van der Waals surface area contributed by atoms with Crippen molar-refractivity contribution in [3.05, 3.63) is 0 Å². The lowest BCUT2D eigenvalue weighted by Gasteiger charge is -2.52. The van der Waals surface area contributed by atoms with E-state index in [1.54, 1.807) is 21.0 Å². The van der Waals surface area contributed by atoms with E-state index in [0.29, 0.717) is 36.8 Å². The average molecular weight is 680 g/mol. The third-order valence-corrected chi connectivity index (χ3v) is 12.2. The van der Waals surface area contributed by atoms with E-state index in [9.17, 15) is 14.7 Å². The monoisotopic (exact) mass is 680 g/mol. The number of aliphatic hydroxyl groups is 1. The molecule has 10 heteroatoms. The van der Waals surface area contributed by atoms with Crippen LogP contribution in [0.1, 0.15) is 100 Å². The van der Waals surface area contributed by atoms with E-state index in [1.165, 1.54) is 19.3 Å². The number of Topliss-reactive ketones (excluding diaryl/α,β-unsaturated/α-hetero) is 1. The fraction of sp³-hybridized carbons (Fsp3) is 0.947. The van der Waals surface area contributed by atoms with Crippen molar-refractivity contribution in [1.29, 1.82) is 0 Å². The Kier molecular flexibility index (Phi) is 13.2. The molecule has 0 radical (unpaired) electrons. The van der Waals surface area contributed by atoms with Gasteiger partial charge in [-0.25, -0.2) is 0 Å². The molecule has 0 amide bonds. The molecule has 12 atom stereocenters. The van der Waals surface area contributed by atoms with Crippen LogP contribution in [-0.2, 0) is 28.5 Å². The van der Waals surface area contributed by atoms with Gasteiger partial charge in [-0.05, 0) is 105 Å². The normalized spacial score (nSPS) is 42.6. The maximum Gasteiger partial charge on any atom is 0.319 e. The van der Waals surface area contributed by atoms with Gasteiger partial charge in [0.2, 0.25) is 0 Å². The summed E-state index contributed by atoms with van der Waals surface area (Å²) in [5.74, 6) is -0.304. The minimum Gasteiger partial charge on any atom is -0.463 e. The number of likely N-dealkylation sites (N-methyl/N-ethyl adjacent to an activating group) is 2. The Bertz CT molecular complexity index is 1070. The predicted molar refractivity (Wildman–Crippen MR) is 188 cm³/mol. The lowest BCUT2D eigenvalue weighted by Crippen LogP contribution is -2.59. The van der Waals surface area contributed by atoms with Gasteiger partial charge in [0, 0.05) is 50.3 Å². The highest BCUT2D eigenvalue weighted by Gasteiger charge is 2.52. The standard InChI is InChI=1S/C38H69N3O7/c1-23(2)20-41-28-14-13-15-29(41)18-27(17-28)31-22-46-36(44)37(6,7)33(43)26(5)34(38(8,45-12)19-24(3)21-40(31)11)48-35-32(42)30(39(9)10)16-25(4)47-35/h23-32,34-35,42H,13-22H2,1-12H3/t24-,25-,26+,27?,28-,29+,30+,31?,32-,34-,35+,38-/m1/s1. The van der Waals surface area contributed by atoms with Gasteiger partial charge in [0.05, 0.1) is 17.8 Å². The lowest BCUT2D eigenvalue weighted by molar-refractivity contribution is -0.295. The summed E-state index contributed by atoms with van der Waals surface area (Å²) < 4.78 is 25.3.